The van der Waals surface area contributed by atoms with E-state index in [2.05, 4.69) is 32.0 Å². The Bertz CT molecular complexity index is 2270. The standard InChI is InChI=1S/C38H30Cl3FN8O2/c39-26-8-6-24(7-9-26)36(34-21-50(48-47-34)29-12-14-49(15-13-29)38(51)52-22-23-4-2-1-3-5-23)46-28-16-30-35(45-27-10-11-33(42)31(40)17-27)25(19-43)20-44-37(30)32(41)18-28/h1-11,16-18,20-21,29,36,46H,12-15,22H2,(H,44,45). The molecule has 262 valence electrons. The molecule has 1 aliphatic heterocycles. The van der Waals surface area contributed by atoms with Gasteiger partial charge in [-0.1, -0.05) is 82.5 Å². The molecule has 1 unspecified atom stereocenters. The number of nitrogens with one attached hydrogen (secondary N) is 2. The Hall–Kier alpha value is -5.41. The number of halogens is 4. The second-order valence-corrected chi connectivity index (χ2v) is 13.5. The number of nitrogens with zero attached hydrogens (tertiary/aromatic N) is 6. The summed E-state index contributed by atoms with van der Waals surface area (Å²) in [4.78, 5) is 18.9. The number of amides is 1. The Morgan fingerprint density at radius 1 is 0.981 bits per heavy atom. The molecule has 1 saturated heterocycles. The zero-order chi connectivity index (χ0) is 36.2. The quantitative estimate of drug-likeness (QED) is 0.150. The van der Waals surface area contributed by atoms with Crippen LogP contribution in [0.4, 0.5) is 26.2 Å². The normalized spacial score (nSPS) is 13.8. The topological polar surface area (TPSA) is 121 Å². The Balaban J connectivity index is 1.13. The predicted octanol–water partition coefficient (Wildman–Crippen LogP) is 9.72. The SMILES string of the molecule is N#Cc1cnc2c(Cl)cc(NC(c3ccc(Cl)cc3)c3cn(C4CCN(C(=O)OCc5ccccc5)CC4)nn3)cc2c1Nc1ccc(F)c(Cl)c1. The summed E-state index contributed by atoms with van der Waals surface area (Å²) in [5, 5.41) is 27.2. The van der Waals surface area contributed by atoms with Gasteiger partial charge in [0.15, 0.2) is 0 Å². The number of aromatic nitrogens is 4. The van der Waals surface area contributed by atoms with Crippen molar-refractivity contribution in [3.8, 4) is 6.07 Å². The molecule has 1 atom stereocenters. The second kappa shape index (κ2) is 15.5. The van der Waals surface area contributed by atoms with Crippen molar-refractivity contribution in [1.82, 2.24) is 24.9 Å². The van der Waals surface area contributed by atoms with Gasteiger partial charge in [-0.3, -0.25) is 4.98 Å². The van der Waals surface area contributed by atoms with Crippen LogP contribution in [0.25, 0.3) is 10.9 Å². The van der Waals surface area contributed by atoms with Crippen molar-refractivity contribution in [3.63, 3.8) is 0 Å². The zero-order valence-corrected chi connectivity index (χ0v) is 29.7. The molecule has 14 heteroatoms. The number of anilines is 3. The van der Waals surface area contributed by atoms with Gasteiger partial charge in [0.05, 0.1) is 45.1 Å². The second-order valence-electron chi connectivity index (χ2n) is 12.3. The first kappa shape index (κ1) is 35.0. The fourth-order valence-corrected chi connectivity index (χ4v) is 6.73. The minimum Gasteiger partial charge on any atom is -0.445 e. The maximum atomic E-state index is 13.9. The van der Waals surface area contributed by atoms with Crippen LogP contribution in [0.15, 0.2) is 97.3 Å². The summed E-state index contributed by atoms with van der Waals surface area (Å²) in [6.45, 7) is 1.28. The fraction of sp³-hybridized carbons (Fsp3) is 0.184. The number of rotatable bonds is 9. The average molecular weight is 756 g/mol. The van der Waals surface area contributed by atoms with Gasteiger partial charge in [0, 0.05) is 41.1 Å². The zero-order valence-electron chi connectivity index (χ0n) is 27.4. The molecule has 2 aromatic heterocycles. The maximum Gasteiger partial charge on any atom is 0.410 e. The van der Waals surface area contributed by atoms with Crippen LogP contribution in [-0.2, 0) is 11.3 Å². The maximum absolute atomic E-state index is 13.9. The monoisotopic (exact) mass is 754 g/mol. The lowest BCUT2D eigenvalue weighted by Gasteiger charge is -2.31. The van der Waals surface area contributed by atoms with E-state index in [0.717, 1.165) is 11.1 Å². The number of pyridine rings is 1. The van der Waals surface area contributed by atoms with Crippen LogP contribution in [-0.4, -0.2) is 44.1 Å². The van der Waals surface area contributed by atoms with Gasteiger partial charge in [-0.2, -0.15) is 5.26 Å². The van der Waals surface area contributed by atoms with Crippen molar-refractivity contribution in [3.05, 3.63) is 141 Å². The number of hydrogen-bond acceptors (Lipinski definition) is 8. The summed E-state index contributed by atoms with van der Waals surface area (Å²) in [6.07, 6.45) is 4.38. The van der Waals surface area contributed by atoms with Crippen LogP contribution in [0.5, 0.6) is 0 Å². The van der Waals surface area contributed by atoms with E-state index in [-0.39, 0.29) is 29.3 Å². The van der Waals surface area contributed by atoms with Gasteiger partial charge < -0.3 is 20.3 Å². The van der Waals surface area contributed by atoms with Crippen molar-refractivity contribution in [2.75, 3.05) is 23.7 Å². The minimum absolute atomic E-state index is 0.0319. The molecule has 7 rings (SSSR count). The number of piperidine rings is 1. The van der Waals surface area contributed by atoms with Gasteiger partial charge in [0.2, 0.25) is 0 Å². The van der Waals surface area contributed by atoms with Gasteiger partial charge in [-0.15, -0.1) is 5.10 Å². The van der Waals surface area contributed by atoms with Gasteiger partial charge in [0.25, 0.3) is 0 Å². The molecule has 6 aromatic rings. The molecule has 1 fully saturated rings. The number of nitriles is 1. The number of ether oxygens (including phenoxy) is 1. The molecule has 2 N–H and O–H groups in total. The first-order chi connectivity index (χ1) is 25.2. The lowest BCUT2D eigenvalue weighted by Crippen LogP contribution is -2.39. The Labute approximate surface area is 313 Å². The van der Waals surface area contributed by atoms with Crippen LogP contribution < -0.4 is 10.6 Å². The molecule has 0 saturated carbocycles. The van der Waals surface area contributed by atoms with E-state index in [1.54, 1.807) is 23.1 Å². The lowest BCUT2D eigenvalue weighted by molar-refractivity contribution is 0.0820. The van der Waals surface area contributed by atoms with Crippen molar-refractivity contribution in [2.45, 2.75) is 31.5 Å². The third-order valence-corrected chi connectivity index (χ3v) is 9.70. The highest BCUT2D eigenvalue weighted by atomic mass is 35.5. The van der Waals surface area contributed by atoms with Crippen LogP contribution in [0.1, 0.15) is 47.3 Å². The van der Waals surface area contributed by atoms with Gasteiger partial charge in [-0.05, 0) is 66.4 Å². The number of carbonyl (C=O) groups excluding carboxylic acids is 1. The molecule has 4 aromatic carbocycles. The Morgan fingerprint density at radius 3 is 2.46 bits per heavy atom. The minimum atomic E-state index is -0.559. The van der Waals surface area contributed by atoms with Crippen LogP contribution in [0, 0.1) is 17.1 Å². The van der Waals surface area contributed by atoms with E-state index in [4.69, 9.17) is 39.5 Å². The average Bonchev–Trinajstić information content (AvgIpc) is 3.66. The van der Waals surface area contributed by atoms with E-state index in [9.17, 15) is 14.4 Å². The first-order valence-corrected chi connectivity index (χ1v) is 17.5. The summed E-state index contributed by atoms with van der Waals surface area (Å²) in [7, 11) is 0. The molecule has 52 heavy (non-hydrogen) atoms. The van der Waals surface area contributed by atoms with Gasteiger partial charge in [0.1, 0.15) is 24.2 Å². The summed E-state index contributed by atoms with van der Waals surface area (Å²) in [5.41, 5.74) is 4.71. The highest BCUT2D eigenvalue weighted by Crippen LogP contribution is 2.37. The van der Waals surface area contributed by atoms with Crippen LogP contribution in [0.2, 0.25) is 15.1 Å². The highest BCUT2D eigenvalue weighted by molar-refractivity contribution is 6.36. The van der Waals surface area contributed by atoms with Crippen LogP contribution in [0.3, 0.4) is 0 Å². The molecule has 1 amide bonds. The first-order valence-electron chi connectivity index (χ1n) is 16.4. The third kappa shape index (κ3) is 7.75. The number of carbonyl (C=O) groups is 1. The molecule has 0 aliphatic carbocycles. The molecule has 3 heterocycles. The van der Waals surface area contributed by atoms with E-state index >= 15 is 0 Å². The van der Waals surface area contributed by atoms with Crippen LogP contribution >= 0.6 is 34.8 Å². The number of likely N-dealkylation sites (tertiary alicyclic amines) is 1. The van der Waals surface area contributed by atoms with Crippen molar-refractivity contribution < 1.29 is 13.9 Å². The molecule has 0 radical (unpaired) electrons. The van der Waals surface area contributed by atoms with Gasteiger partial charge >= 0.3 is 6.09 Å². The van der Waals surface area contributed by atoms with Crippen molar-refractivity contribution >= 4 is 68.9 Å². The molecular weight excluding hydrogens is 726 g/mol. The molecule has 0 spiro atoms. The number of fused-ring (bicyclic) bond motifs is 1. The smallest absolute Gasteiger partial charge is 0.410 e. The predicted molar refractivity (Wildman–Crippen MR) is 200 cm³/mol. The third-order valence-electron chi connectivity index (χ3n) is 8.87. The molecule has 1 aliphatic rings. The summed E-state index contributed by atoms with van der Waals surface area (Å²) >= 11 is 19.1. The van der Waals surface area contributed by atoms with E-state index in [1.807, 2.05) is 59.4 Å². The Kier molecular flexibility index (Phi) is 10.4. The largest absolute Gasteiger partial charge is 0.445 e. The fourth-order valence-electron chi connectivity index (χ4n) is 6.16. The molecule has 10 nitrogen and oxygen atoms in total. The van der Waals surface area contributed by atoms with Crippen molar-refractivity contribution in [2.24, 2.45) is 0 Å². The van der Waals surface area contributed by atoms with E-state index < -0.39 is 11.9 Å². The number of hydrogen-bond donors (Lipinski definition) is 2. The summed E-state index contributed by atoms with van der Waals surface area (Å²) in [5.74, 6) is -0.559. The number of benzene rings is 4. The van der Waals surface area contributed by atoms with Gasteiger partial charge in [-0.25, -0.2) is 13.9 Å². The lowest BCUT2D eigenvalue weighted by atomic mass is 10.0. The highest BCUT2D eigenvalue weighted by Gasteiger charge is 2.27. The van der Waals surface area contributed by atoms with E-state index in [1.165, 1.54) is 24.4 Å². The summed E-state index contributed by atoms with van der Waals surface area (Å²) in [6, 6.07) is 26.5. The summed E-state index contributed by atoms with van der Waals surface area (Å²) < 4.78 is 21.3. The molecule has 0 bridgehead atoms. The Morgan fingerprint density at radius 2 is 1.73 bits per heavy atom. The van der Waals surface area contributed by atoms with E-state index in [0.29, 0.717) is 69.6 Å². The molecular formula is C38H30Cl3FN8O2. The van der Waals surface area contributed by atoms with Crippen molar-refractivity contribution in [1.29, 1.82) is 5.26 Å².